The standard InChI is InChI=1S/C23H30N2O/c1-18-10-6-7-11-19(18)16-23(26)24-22-15-9-8-12-20(22)17-25(2)21-13-4-3-5-14-21/h6-12,15,21H,3-5,13-14,16-17H2,1-2H3,(H,24,26). The second kappa shape index (κ2) is 9.00. The molecule has 1 aliphatic carbocycles. The van der Waals surface area contributed by atoms with Gasteiger partial charge in [0.15, 0.2) is 0 Å². The average molecular weight is 351 g/mol. The number of carbonyl (C=O) groups is 1. The number of hydrogen-bond donors (Lipinski definition) is 1. The number of nitrogens with one attached hydrogen (secondary N) is 1. The minimum absolute atomic E-state index is 0.0482. The second-order valence-electron chi connectivity index (χ2n) is 7.52. The maximum atomic E-state index is 12.5. The number of nitrogens with zero attached hydrogens (tertiary/aromatic N) is 1. The fraction of sp³-hybridized carbons (Fsp3) is 0.435. The van der Waals surface area contributed by atoms with Gasteiger partial charge in [-0.1, -0.05) is 61.7 Å². The van der Waals surface area contributed by atoms with Crippen molar-refractivity contribution in [1.29, 1.82) is 0 Å². The van der Waals surface area contributed by atoms with E-state index in [9.17, 15) is 4.79 Å². The van der Waals surface area contributed by atoms with Crippen molar-refractivity contribution in [3.63, 3.8) is 0 Å². The van der Waals surface area contributed by atoms with Crippen LogP contribution >= 0.6 is 0 Å². The Morgan fingerprint density at radius 1 is 1.00 bits per heavy atom. The van der Waals surface area contributed by atoms with E-state index in [1.807, 2.05) is 30.3 Å². The zero-order chi connectivity index (χ0) is 18.4. The van der Waals surface area contributed by atoms with Crippen LogP contribution in [0.5, 0.6) is 0 Å². The quantitative estimate of drug-likeness (QED) is 0.800. The molecule has 0 bridgehead atoms. The van der Waals surface area contributed by atoms with Crippen LogP contribution in [0.2, 0.25) is 0 Å². The number of anilines is 1. The molecule has 2 aromatic rings. The molecule has 138 valence electrons. The van der Waals surface area contributed by atoms with Crippen molar-refractivity contribution in [3.8, 4) is 0 Å². The van der Waals surface area contributed by atoms with Crippen LogP contribution in [0.15, 0.2) is 48.5 Å². The van der Waals surface area contributed by atoms with Crippen LogP contribution in [-0.4, -0.2) is 23.9 Å². The van der Waals surface area contributed by atoms with Crippen LogP contribution in [0.1, 0.15) is 48.8 Å². The molecular weight excluding hydrogens is 320 g/mol. The highest BCUT2D eigenvalue weighted by molar-refractivity contribution is 5.93. The third kappa shape index (κ3) is 4.95. The number of amides is 1. The number of benzene rings is 2. The Hall–Kier alpha value is -2.13. The number of hydrogen-bond acceptors (Lipinski definition) is 2. The number of carbonyl (C=O) groups excluding carboxylic acids is 1. The van der Waals surface area contributed by atoms with E-state index in [1.54, 1.807) is 0 Å². The Morgan fingerprint density at radius 2 is 1.65 bits per heavy atom. The predicted octanol–water partition coefficient (Wildman–Crippen LogP) is 4.94. The van der Waals surface area contributed by atoms with E-state index in [2.05, 4.69) is 42.4 Å². The van der Waals surface area contributed by atoms with Crippen LogP contribution in [0.3, 0.4) is 0 Å². The van der Waals surface area contributed by atoms with Gasteiger partial charge >= 0.3 is 0 Å². The summed E-state index contributed by atoms with van der Waals surface area (Å²) in [6, 6.07) is 16.9. The summed E-state index contributed by atoms with van der Waals surface area (Å²) in [6.45, 7) is 2.93. The number of aryl methyl sites for hydroxylation is 1. The average Bonchev–Trinajstić information content (AvgIpc) is 2.66. The molecule has 3 nitrogen and oxygen atoms in total. The predicted molar refractivity (Wildman–Crippen MR) is 108 cm³/mol. The molecule has 0 radical (unpaired) electrons. The molecule has 1 aliphatic rings. The fourth-order valence-corrected chi connectivity index (χ4v) is 3.88. The van der Waals surface area contributed by atoms with Crippen LogP contribution in [0.25, 0.3) is 0 Å². The van der Waals surface area contributed by atoms with E-state index in [4.69, 9.17) is 0 Å². The molecule has 0 aromatic heterocycles. The van der Waals surface area contributed by atoms with Gasteiger partial charge in [-0.25, -0.2) is 0 Å². The Bertz CT molecular complexity index is 734. The van der Waals surface area contributed by atoms with Gasteiger partial charge in [0.05, 0.1) is 6.42 Å². The summed E-state index contributed by atoms with van der Waals surface area (Å²) in [4.78, 5) is 15.0. The summed E-state index contributed by atoms with van der Waals surface area (Å²) >= 11 is 0. The van der Waals surface area contributed by atoms with Gasteiger partial charge < -0.3 is 5.32 Å². The highest BCUT2D eigenvalue weighted by atomic mass is 16.1. The summed E-state index contributed by atoms with van der Waals surface area (Å²) in [5.74, 6) is 0.0482. The van der Waals surface area contributed by atoms with E-state index in [-0.39, 0.29) is 5.91 Å². The third-order valence-corrected chi connectivity index (χ3v) is 5.52. The van der Waals surface area contributed by atoms with Crippen molar-refractivity contribution >= 4 is 11.6 Å². The zero-order valence-electron chi connectivity index (χ0n) is 16.0. The summed E-state index contributed by atoms with van der Waals surface area (Å²) in [5.41, 5.74) is 4.38. The molecule has 1 saturated carbocycles. The van der Waals surface area contributed by atoms with Crippen molar-refractivity contribution < 1.29 is 4.79 Å². The lowest BCUT2D eigenvalue weighted by Crippen LogP contribution is -2.33. The van der Waals surface area contributed by atoms with Gasteiger partial charge in [0.1, 0.15) is 0 Å². The van der Waals surface area contributed by atoms with Crippen molar-refractivity contribution in [2.75, 3.05) is 12.4 Å². The van der Waals surface area contributed by atoms with E-state index < -0.39 is 0 Å². The first kappa shape index (κ1) is 18.7. The summed E-state index contributed by atoms with van der Waals surface area (Å²) in [7, 11) is 2.21. The fourth-order valence-electron chi connectivity index (χ4n) is 3.88. The number of rotatable bonds is 6. The Labute approximate surface area is 157 Å². The molecule has 3 rings (SSSR count). The third-order valence-electron chi connectivity index (χ3n) is 5.52. The monoisotopic (exact) mass is 350 g/mol. The molecule has 0 saturated heterocycles. The second-order valence-corrected chi connectivity index (χ2v) is 7.52. The lowest BCUT2D eigenvalue weighted by atomic mass is 9.94. The van der Waals surface area contributed by atoms with Crippen LogP contribution in [-0.2, 0) is 17.8 Å². The van der Waals surface area contributed by atoms with Gasteiger partial charge in [-0.15, -0.1) is 0 Å². The van der Waals surface area contributed by atoms with E-state index >= 15 is 0 Å². The summed E-state index contributed by atoms with van der Waals surface area (Å²) in [5, 5.41) is 3.13. The molecule has 0 atom stereocenters. The van der Waals surface area contributed by atoms with E-state index in [0.717, 1.165) is 23.4 Å². The maximum Gasteiger partial charge on any atom is 0.228 e. The topological polar surface area (TPSA) is 32.3 Å². The van der Waals surface area contributed by atoms with Gasteiger partial charge in [-0.2, -0.15) is 0 Å². The van der Waals surface area contributed by atoms with Gasteiger partial charge in [0.2, 0.25) is 5.91 Å². The van der Waals surface area contributed by atoms with E-state index in [0.29, 0.717) is 12.5 Å². The first-order chi connectivity index (χ1) is 12.6. The van der Waals surface area contributed by atoms with Crippen LogP contribution < -0.4 is 5.32 Å². The molecule has 3 heteroatoms. The van der Waals surface area contributed by atoms with Crippen molar-refractivity contribution in [1.82, 2.24) is 4.90 Å². The molecule has 0 unspecified atom stereocenters. The molecule has 1 fully saturated rings. The van der Waals surface area contributed by atoms with Crippen molar-refractivity contribution in [3.05, 3.63) is 65.2 Å². The van der Waals surface area contributed by atoms with Crippen LogP contribution in [0.4, 0.5) is 5.69 Å². The lowest BCUT2D eigenvalue weighted by Gasteiger charge is -2.31. The van der Waals surface area contributed by atoms with Crippen molar-refractivity contribution in [2.24, 2.45) is 0 Å². The molecule has 2 aromatic carbocycles. The van der Waals surface area contributed by atoms with Gasteiger partial charge in [-0.3, -0.25) is 9.69 Å². The highest BCUT2D eigenvalue weighted by Gasteiger charge is 2.19. The van der Waals surface area contributed by atoms with Crippen molar-refractivity contribution in [2.45, 2.75) is 58.0 Å². The van der Waals surface area contributed by atoms with Gasteiger partial charge in [-0.05, 0) is 49.6 Å². The maximum absolute atomic E-state index is 12.5. The Kier molecular flexibility index (Phi) is 6.45. The minimum atomic E-state index is 0.0482. The SMILES string of the molecule is Cc1ccccc1CC(=O)Nc1ccccc1CN(C)C1CCCCC1. The van der Waals surface area contributed by atoms with E-state index in [1.165, 1.54) is 37.7 Å². The zero-order valence-corrected chi connectivity index (χ0v) is 16.0. The molecule has 1 N–H and O–H groups in total. The smallest absolute Gasteiger partial charge is 0.228 e. The normalized spacial score (nSPS) is 15.2. The molecule has 0 heterocycles. The molecule has 26 heavy (non-hydrogen) atoms. The first-order valence-corrected chi connectivity index (χ1v) is 9.76. The van der Waals surface area contributed by atoms with Gasteiger partial charge in [0, 0.05) is 18.3 Å². The number of para-hydroxylation sites is 1. The largest absolute Gasteiger partial charge is 0.325 e. The molecule has 0 aliphatic heterocycles. The summed E-state index contributed by atoms with van der Waals surface area (Å²) < 4.78 is 0. The molecule has 0 spiro atoms. The lowest BCUT2D eigenvalue weighted by molar-refractivity contribution is -0.115. The summed E-state index contributed by atoms with van der Waals surface area (Å²) in [6.07, 6.45) is 7.04. The Morgan fingerprint density at radius 3 is 2.38 bits per heavy atom. The first-order valence-electron chi connectivity index (χ1n) is 9.76. The Balaban J connectivity index is 1.65. The van der Waals surface area contributed by atoms with Gasteiger partial charge in [0.25, 0.3) is 0 Å². The molecule has 1 amide bonds. The van der Waals surface area contributed by atoms with Crippen LogP contribution in [0, 0.1) is 6.92 Å². The molecular formula is C23H30N2O. The minimum Gasteiger partial charge on any atom is -0.325 e. The highest BCUT2D eigenvalue weighted by Crippen LogP contribution is 2.25.